The molecule has 1 rings (SSSR count). The first-order valence-corrected chi connectivity index (χ1v) is 6.78. The van der Waals surface area contributed by atoms with Gasteiger partial charge in [0, 0.05) is 18.5 Å². The Labute approximate surface area is 138 Å². The number of nitrogens with zero attached hydrogens (tertiary/aromatic N) is 1. The lowest BCUT2D eigenvalue weighted by Crippen LogP contribution is -2.37. The predicted molar refractivity (Wildman–Crippen MR) is 95.7 cm³/mol. The summed E-state index contributed by atoms with van der Waals surface area (Å²) in [7, 11) is 0. The SMILES string of the molecule is CC(O)CC(CN=C(N)NC(C)C)c1ccccc1.I. The van der Waals surface area contributed by atoms with E-state index < -0.39 is 0 Å². The van der Waals surface area contributed by atoms with Gasteiger partial charge < -0.3 is 16.2 Å². The fourth-order valence-electron chi connectivity index (χ4n) is 2.00. The van der Waals surface area contributed by atoms with E-state index in [1.807, 2.05) is 32.0 Å². The first-order valence-electron chi connectivity index (χ1n) is 6.78. The topological polar surface area (TPSA) is 70.6 Å². The lowest BCUT2D eigenvalue weighted by molar-refractivity contribution is 0.175. The normalized spacial score (nSPS) is 14.6. The van der Waals surface area contributed by atoms with E-state index in [1.54, 1.807) is 6.92 Å². The number of halogens is 1. The molecule has 4 nitrogen and oxygen atoms in total. The van der Waals surface area contributed by atoms with Crippen molar-refractivity contribution in [1.82, 2.24) is 5.32 Å². The quantitative estimate of drug-likeness (QED) is 0.397. The summed E-state index contributed by atoms with van der Waals surface area (Å²) in [4.78, 5) is 4.37. The van der Waals surface area contributed by atoms with Crippen molar-refractivity contribution in [3.63, 3.8) is 0 Å². The van der Waals surface area contributed by atoms with Crippen LogP contribution < -0.4 is 11.1 Å². The summed E-state index contributed by atoms with van der Waals surface area (Å²) in [5.41, 5.74) is 6.99. The number of aliphatic hydroxyl groups excluding tert-OH is 1. The first kappa shape index (κ1) is 19.2. The number of nitrogens with one attached hydrogen (secondary N) is 1. The average Bonchev–Trinajstić information content (AvgIpc) is 2.34. The number of hydrogen-bond donors (Lipinski definition) is 3. The first-order chi connectivity index (χ1) is 8.99. The van der Waals surface area contributed by atoms with Crippen LogP contribution in [0.5, 0.6) is 0 Å². The molecular weight excluding hydrogens is 365 g/mol. The Hall–Kier alpha value is -0.820. The Bertz CT molecular complexity index is 393. The van der Waals surface area contributed by atoms with Gasteiger partial charge in [0.25, 0.3) is 0 Å². The molecule has 5 heteroatoms. The molecular formula is C15H26IN3O. The summed E-state index contributed by atoms with van der Waals surface area (Å²) >= 11 is 0. The zero-order valence-electron chi connectivity index (χ0n) is 12.4. The third-order valence-corrected chi connectivity index (χ3v) is 2.82. The number of aliphatic hydroxyl groups is 1. The van der Waals surface area contributed by atoms with Crippen molar-refractivity contribution in [2.24, 2.45) is 10.7 Å². The standard InChI is InChI=1S/C15H25N3O.HI/c1-11(2)18-15(16)17-10-14(9-12(3)19)13-7-5-4-6-8-13;/h4-8,11-12,14,19H,9-10H2,1-3H3,(H3,16,17,18);1H. The molecule has 0 aliphatic rings. The highest BCUT2D eigenvalue weighted by Gasteiger charge is 2.13. The molecule has 0 aliphatic heterocycles. The molecule has 0 aliphatic carbocycles. The van der Waals surface area contributed by atoms with Gasteiger partial charge in [0.1, 0.15) is 0 Å². The maximum absolute atomic E-state index is 9.60. The van der Waals surface area contributed by atoms with Crippen LogP contribution in [0.25, 0.3) is 0 Å². The van der Waals surface area contributed by atoms with E-state index in [9.17, 15) is 5.11 Å². The average molecular weight is 391 g/mol. The van der Waals surface area contributed by atoms with E-state index in [0.717, 1.165) is 0 Å². The molecule has 0 amide bonds. The minimum Gasteiger partial charge on any atom is -0.393 e. The molecule has 2 atom stereocenters. The number of aliphatic imine (C=N–C) groups is 1. The second kappa shape index (κ2) is 9.99. The molecule has 0 saturated heterocycles. The van der Waals surface area contributed by atoms with Gasteiger partial charge in [-0.1, -0.05) is 30.3 Å². The maximum Gasteiger partial charge on any atom is 0.188 e. The highest BCUT2D eigenvalue weighted by atomic mass is 127. The molecule has 2 unspecified atom stereocenters. The Morgan fingerprint density at radius 3 is 2.35 bits per heavy atom. The second-order valence-corrected chi connectivity index (χ2v) is 5.22. The molecule has 0 bridgehead atoms. The smallest absolute Gasteiger partial charge is 0.188 e. The van der Waals surface area contributed by atoms with Gasteiger partial charge in [0.2, 0.25) is 0 Å². The van der Waals surface area contributed by atoms with Crippen LogP contribution in [-0.2, 0) is 0 Å². The van der Waals surface area contributed by atoms with Crippen LogP contribution in [0.1, 0.15) is 38.7 Å². The van der Waals surface area contributed by atoms with Gasteiger partial charge in [-0.25, -0.2) is 0 Å². The van der Waals surface area contributed by atoms with E-state index in [1.165, 1.54) is 5.56 Å². The second-order valence-electron chi connectivity index (χ2n) is 5.22. The van der Waals surface area contributed by atoms with E-state index in [0.29, 0.717) is 18.9 Å². The summed E-state index contributed by atoms with van der Waals surface area (Å²) in [5.74, 6) is 0.648. The lowest BCUT2D eigenvalue weighted by Gasteiger charge is -2.18. The molecule has 1 aromatic rings. The van der Waals surface area contributed by atoms with Gasteiger partial charge in [-0.3, -0.25) is 4.99 Å². The minimum atomic E-state index is -0.348. The van der Waals surface area contributed by atoms with Crippen LogP contribution in [-0.4, -0.2) is 29.8 Å². The number of nitrogens with two attached hydrogens (primary N) is 1. The summed E-state index contributed by atoms with van der Waals surface area (Å²) in [5, 5.41) is 12.7. The van der Waals surface area contributed by atoms with Crippen LogP contribution in [0.2, 0.25) is 0 Å². The number of rotatable bonds is 6. The molecule has 0 fully saturated rings. The molecule has 20 heavy (non-hydrogen) atoms. The molecule has 0 radical (unpaired) electrons. The highest BCUT2D eigenvalue weighted by Crippen LogP contribution is 2.21. The van der Waals surface area contributed by atoms with Gasteiger partial charge >= 0.3 is 0 Å². The lowest BCUT2D eigenvalue weighted by atomic mass is 9.93. The van der Waals surface area contributed by atoms with Crippen molar-refractivity contribution in [2.45, 2.75) is 45.3 Å². The molecule has 4 N–H and O–H groups in total. The zero-order chi connectivity index (χ0) is 14.3. The monoisotopic (exact) mass is 391 g/mol. The summed E-state index contributed by atoms with van der Waals surface area (Å²) in [6.45, 7) is 6.43. The van der Waals surface area contributed by atoms with Crippen LogP contribution in [0.15, 0.2) is 35.3 Å². The van der Waals surface area contributed by atoms with Crippen molar-refractivity contribution < 1.29 is 5.11 Å². The Morgan fingerprint density at radius 1 is 1.25 bits per heavy atom. The summed E-state index contributed by atoms with van der Waals surface area (Å²) in [6.07, 6.45) is 0.335. The number of guanidine groups is 1. The van der Waals surface area contributed by atoms with Crippen LogP contribution in [0.4, 0.5) is 0 Å². The van der Waals surface area contributed by atoms with E-state index >= 15 is 0 Å². The number of hydrogen-bond acceptors (Lipinski definition) is 2. The van der Waals surface area contributed by atoms with Crippen molar-refractivity contribution >= 4 is 29.9 Å². The van der Waals surface area contributed by atoms with Gasteiger partial charge in [-0.05, 0) is 32.8 Å². The minimum absolute atomic E-state index is 0. The molecule has 114 valence electrons. The van der Waals surface area contributed by atoms with Gasteiger partial charge in [0.05, 0.1) is 6.10 Å². The molecule has 0 spiro atoms. The maximum atomic E-state index is 9.60. The molecule has 0 saturated carbocycles. The summed E-state index contributed by atoms with van der Waals surface area (Å²) in [6, 6.07) is 10.4. The van der Waals surface area contributed by atoms with Gasteiger partial charge in [-0.2, -0.15) is 0 Å². The van der Waals surface area contributed by atoms with Gasteiger partial charge in [0.15, 0.2) is 5.96 Å². The third-order valence-electron chi connectivity index (χ3n) is 2.82. The fraction of sp³-hybridized carbons (Fsp3) is 0.533. The number of benzene rings is 1. The van der Waals surface area contributed by atoms with Crippen molar-refractivity contribution in [1.29, 1.82) is 0 Å². The highest BCUT2D eigenvalue weighted by molar-refractivity contribution is 14.0. The Balaban J connectivity index is 0.00000361. The molecule has 0 aromatic heterocycles. The Kier molecular flexibility index (Phi) is 9.58. The van der Waals surface area contributed by atoms with Crippen molar-refractivity contribution in [2.75, 3.05) is 6.54 Å². The van der Waals surface area contributed by atoms with E-state index in [4.69, 9.17) is 5.73 Å². The van der Waals surface area contributed by atoms with Crippen molar-refractivity contribution in [3.8, 4) is 0 Å². The van der Waals surface area contributed by atoms with Crippen molar-refractivity contribution in [3.05, 3.63) is 35.9 Å². The van der Waals surface area contributed by atoms with Gasteiger partial charge in [-0.15, -0.1) is 24.0 Å². The third kappa shape index (κ3) is 7.69. The Morgan fingerprint density at radius 2 is 1.85 bits per heavy atom. The largest absolute Gasteiger partial charge is 0.393 e. The van der Waals surface area contributed by atoms with E-state index in [2.05, 4.69) is 22.4 Å². The molecule has 0 heterocycles. The van der Waals surface area contributed by atoms with Crippen LogP contribution >= 0.6 is 24.0 Å². The van der Waals surface area contributed by atoms with E-state index in [-0.39, 0.29) is 42.0 Å². The zero-order valence-corrected chi connectivity index (χ0v) is 14.7. The fourth-order valence-corrected chi connectivity index (χ4v) is 2.00. The molecule has 1 aromatic carbocycles. The summed E-state index contributed by atoms with van der Waals surface area (Å²) < 4.78 is 0. The van der Waals surface area contributed by atoms with Crippen LogP contribution in [0.3, 0.4) is 0 Å². The van der Waals surface area contributed by atoms with Crippen LogP contribution in [0, 0.1) is 0 Å². The predicted octanol–water partition coefficient (Wildman–Crippen LogP) is 2.47.